The number of piperidine rings is 1. The Labute approximate surface area is 156 Å². The number of hydrogen-bond acceptors (Lipinski definition) is 4. The number of anilines is 1. The zero-order valence-corrected chi connectivity index (χ0v) is 15.7. The maximum Gasteiger partial charge on any atom is 0.255 e. The number of nitrogens with zero attached hydrogens (tertiary/aromatic N) is 3. The van der Waals surface area contributed by atoms with Crippen molar-refractivity contribution >= 4 is 11.6 Å². The van der Waals surface area contributed by atoms with Gasteiger partial charge in [-0.15, -0.1) is 0 Å². The summed E-state index contributed by atoms with van der Waals surface area (Å²) < 4.78 is 5.47. The van der Waals surface area contributed by atoms with Crippen LogP contribution in [-0.4, -0.2) is 74.7 Å². The SMILES string of the molecule is O=C(c1ccccc1N1CCOCC1)N1CCC(CN2CCCCC2)C1. The highest BCUT2D eigenvalue weighted by molar-refractivity contribution is 6.00. The van der Waals surface area contributed by atoms with Gasteiger partial charge in [0.25, 0.3) is 5.91 Å². The molecule has 1 unspecified atom stereocenters. The maximum atomic E-state index is 13.2. The van der Waals surface area contributed by atoms with Gasteiger partial charge in [0.15, 0.2) is 0 Å². The highest BCUT2D eigenvalue weighted by Crippen LogP contribution is 2.26. The van der Waals surface area contributed by atoms with Crippen LogP contribution in [0.1, 0.15) is 36.0 Å². The van der Waals surface area contributed by atoms with Gasteiger partial charge in [0.05, 0.1) is 18.8 Å². The summed E-state index contributed by atoms with van der Waals surface area (Å²) in [7, 11) is 0. The molecule has 0 bridgehead atoms. The Morgan fingerprint density at radius 2 is 1.77 bits per heavy atom. The predicted molar refractivity (Wildman–Crippen MR) is 104 cm³/mol. The summed E-state index contributed by atoms with van der Waals surface area (Å²) in [4.78, 5) is 20.2. The van der Waals surface area contributed by atoms with E-state index in [9.17, 15) is 4.79 Å². The highest BCUT2D eigenvalue weighted by Gasteiger charge is 2.30. The summed E-state index contributed by atoms with van der Waals surface area (Å²) in [5, 5.41) is 0. The van der Waals surface area contributed by atoms with Gasteiger partial charge in [-0.05, 0) is 50.4 Å². The van der Waals surface area contributed by atoms with Crippen molar-refractivity contribution in [1.29, 1.82) is 0 Å². The number of hydrogen-bond donors (Lipinski definition) is 0. The van der Waals surface area contributed by atoms with Crippen LogP contribution in [0, 0.1) is 5.92 Å². The second kappa shape index (κ2) is 8.40. The molecule has 3 saturated heterocycles. The van der Waals surface area contributed by atoms with E-state index in [1.807, 2.05) is 18.2 Å². The Morgan fingerprint density at radius 3 is 2.58 bits per heavy atom. The lowest BCUT2D eigenvalue weighted by Crippen LogP contribution is -2.38. The van der Waals surface area contributed by atoms with E-state index < -0.39 is 0 Å². The van der Waals surface area contributed by atoms with Gasteiger partial charge >= 0.3 is 0 Å². The van der Waals surface area contributed by atoms with Crippen molar-refractivity contribution in [3.63, 3.8) is 0 Å². The second-order valence-corrected chi connectivity index (χ2v) is 7.88. The molecule has 0 aromatic heterocycles. The lowest BCUT2D eigenvalue weighted by molar-refractivity contribution is 0.0781. The van der Waals surface area contributed by atoms with E-state index in [2.05, 4.69) is 20.8 Å². The molecule has 0 N–H and O–H groups in total. The van der Waals surface area contributed by atoms with Gasteiger partial charge < -0.3 is 19.4 Å². The molecule has 5 nitrogen and oxygen atoms in total. The van der Waals surface area contributed by atoms with E-state index in [0.29, 0.717) is 5.92 Å². The fraction of sp³-hybridized carbons (Fsp3) is 0.667. The smallest absolute Gasteiger partial charge is 0.255 e. The third kappa shape index (κ3) is 4.04. The molecule has 1 atom stereocenters. The van der Waals surface area contributed by atoms with Crippen LogP contribution in [-0.2, 0) is 4.74 Å². The first kappa shape index (κ1) is 17.8. The van der Waals surface area contributed by atoms with Gasteiger partial charge in [0, 0.05) is 38.4 Å². The van der Waals surface area contributed by atoms with Gasteiger partial charge in [-0.2, -0.15) is 0 Å². The average molecular weight is 357 g/mol. The second-order valence-electron chi connectivity index (χ2n) is 7.88. The Balaban J connectivity index is 1.40. The Bertz CT molecular complexity index is 609. The number of amides is 1. The van der Waals surface area contributed by atoms with Crippen molar-refractivity contribution in [2.24, 2.45) is 5.92 Å². The van der Waals surface area contributed by atoms with Gasteiger partial charge in [-0.25, -0.2) is 0 Å². The summed E-state index contributed by atoms with van der Waals surface area (Å²) in [6, 6.07) is 8.09. The van der Waals surface area contributed by atoms with Crippen LogP contribution in [0.15, 0.2) is 24.3 Å². The zero-order chi connectivity index (χ0) is 17.8. The number of para-hydroxylation sites is 1. The molecule has 3 heterocycles. The largest absolute Gasteiger partial charge is 0.378 e. The topological polar surface area (TPSA) is 36.0 Å². The van der Waals surface area contributed by atoms with Crippen LogP contribution in [0.3, 0.4) is 0 Å². The molecule has 26 heavy (non-hydrogen) atoms. The van der Waals surface area contributed by atoms with E-state index in [4.69, 9.17) is 4.74 Å². The number of rotatable bonds is 4. The fourth-order valence-electron chi connectivity index (χ4n) is 4.58. The fourth-order valence-corrected chi connectivity index (χ4v) is 4.58. The summed E-state index contributed by atoms with van der Waals surface area (Å²) in [5.41, 5.74) is 1.92. The quantitative estimate of drug-likeness (QED) is 0.829. The van der Waals surface area contributed by atoms with Gasteiger partial charge in [0.1, 0.15) is 0 Å². The number of benzene rings is 1. The summed E-state index contributed by atoms with van der Waals surface area (Å²) in [5.74, 6) is 0.834. The number of likely N-dealkylation sites (tertiary alicyclic amines) is 2. The molecule has 142 valence electrons. The van der Waals surface area contributed by atoms with Crippen molar-refractivity contribution in [2.45, 2.75) is 25.7 Å². The monoisotopic (exact) mass is 357 g/mol. The molecule has 0 radical (unpaired) electrons. The molecule has 4 rings (SSSR count). The van der Waals surface area contributed by atoms with Crippen LogP contribution in [0.2, 0.25) is 0 Å². The number of ether oxygens (including phenoxy) is 1. The minimum atomic E-state index is 0.202. The van der Waals surface area contributed by atoms with E-state index in [-0.39, 0.29) is 5.91 Å². The summed E-state index contributed by atoms with van der Waals surface area (Å²) in [6.07, 6.45) is 5.19. The summed E-state index contributed by atoms with van der Waals surface area (Å²) >= 11 is 0. The molecule has 0 saturated carbocycles. The number of carbonyl (C=O) groups excluding carboxylic acids is 1. The zero-order valence-electron chi connectivity index (χ0n) is 15.7. The Hall–Kier alpha value is -1.59. The minimum Gasteiger partial charge on any atom is -0.378 e. The molecular formula is C21H31N3O2. The first-order chi connectivity index (χ1) is 12.8. The predicted octanol–water partition coefficient (Wildman–Crippen LogP) is 2.47. The van der Waals surface area contributed by atoms with E-state index in [1.54, 1.807) is 0 Å². The first-order valence-corrected chi connectivity index (χ1v) is 10.2. The molecule has 3 fully saturated rings. The van der Waals surface area contributed by atoms with Gasteiger partial charge in [-0.1, -0.05) is 18.6 Å². The van der Waals surface area contributed by atoms with Crippen molar-refractivity contribution in [3.8, 4) is 0 Å². The standard InChI is InChI=1S/C21H31N3O2/c25-21(19-6-2-3-7-20(19)23-12-14-26-15-13-23)24-11-8-18(17-24)16-22-9-4-1-5-10-22/h2-3,6-7,18H,1,4-5,8-17H2. The van der Waals surface area contributed by atoms with Crippen LogP contribution in [0.4, 0.5) is 5.69 Å². The maximum absolute atomic E-state index is 13.2. The van der Waals surface area contributed by atoms with Crippen LogP contribution in [0.5, 0.6) is 0 Å². The molecular weight excluding hydrogens is 326 g/mol. The molecule has 3 aliphatic heterocycles. The molecule has 0 aliphatic carbocycles. The Kier molecular flexibility index (Phi) is 5.75. The van der Waals surface area contributed by atoms with Crippen molar-refractivity contribution < 1.29 is 9.53 Å². The van der Waals surface area contributed by atoms with Crippen molar-refractivity contribution in [3.05, 3.63) is 29.8 Å². The van der Waals surface area contributed by atoms with Gasteiger partial charge in [0.2, 0.25) is 0 Å². The van der Waals surface area contributed by atoms with Gasteiger partial charge in [-0.3, -0.25) is 4.79 Å². The van der Waals surface area contributed by atoms with E-state index in [0.717, 1.165) is 63.6 Å². The van der Waals surface area contributed by atoms with Crippen LogP contribution in [0.25, 0.3) is 0 Å². The lowest BCUT2D eigenvalue weighted by atomic mass is 10.1. The van der Waals surface area contributed by atoms with E-state index >= 15 is 0 Å². The van der Waals surface area contributed by atoms with Crippen molar-refractivity contribution in [1.82, 2.24) is 9.80 Å². The molecule has 1 amide bonds. The molecule has 1 aromatic rings. The highest BCUT2D eigenvalue weighted by atomic mass is 16.5. The number of carbonyl (C=O) groups is 1. The third-order valence-corrected chi connectivity index (χ3v) is 6.02. The normalized spacial score (nSPS) is 24.8. The van der Waals surface area contributed by atoms with Crippen molar-refractivity contribution in [2.75, 3.05) is 63.9 Å². The third-order valence-electron chi connectivity index (χ3n) is 6.02. The number of morpholine rings is 1. The Morgan fingerprint density at radius 1 is 1.00 bits per heavy atom. The van der Waals surface area contributed by atoms with E-state index in [1.165, 1.54) is 32.4 Å². The molecule has 5 heteroatoms. The molecule has 1 aromatic carbocycles. The summed E-state index contributed by atoms with van der Waals surface area (Å²) in [6.45, 7) is 8.66. The van der Waals surface area contributed by atoms with Crippen LogP contribution < -0.4 is 4.90 Å². The lowest BCUT2D eigenvalue weighted by Gasteiger charge is -2.31. The average Bonchev–Trinajstić information content (AvgIpc) is 3.17. The molecule has 0 spiro atoms. The van der Waals surface area contributed by atoms with Crippen LogP contribution >= 0.6 is 0 Å². The molecule has 3 aliphatic rings. The minimum absolute atomic E-state index is 0.202. The first-order valence-electron chi connectivity index (χ1n) is 10.2.